The monoisotopic (exact) mass is 264 g/mol. The number of methoxy groups -OCH3 is 1. The van der Waals surface area contributed by atoms with Crippen LogP contribution in [0.3, 0.4) is 0 Å². The molecular formula is C14H14F2N2O. The molecule has 1 aromatic heterocycles. The van der Waals surface area contributed by atoms with Crippen LogP contribution in [0.1, 0.15) is 18.5 Å². The largest absolute Gasteiger partial charge is 0.497 e. The highest BCUT2D eigenvalue weighted by atomic mass is 19.1. The van der Waals surface area contributed by atoms with E-state index in [4.69, 9.17) is 4.74 Å². The van der Waals surface area contributed by atoms with Crippen molar-refractivity contribution < 1.29 is 13.5 Å². The molecule has 0 saturated carbocycles. The number of nitrogens with one attached hydrogen (secondary N) is 1. The molecule has 0 radical (unpaired) electrons. The maximum absolute atomic E-state index is 13.7. The average Bonchev–Trinajstić information content (AvgIpc) is 2.41. The molecule has 5 heteroatoms. The minimum absolute atomic E-state index is 0.273. The van der Waals surface area contributed by atoms with E-state index in [-0.39, 0.29) is 6.04 Å². The highest BCUT2D eigenvalue weighted by Crippen LogP contribution is 2.25. The van der Waals surface area contributed by atoms with Gasteiger partial charge in [0.15, 0.2) is 0 Å². The molecule has 0 aliphatic rings. The number of ether oxygens (including phenoxy) is 1. The van der Waals surface area contributed by atoms with Gasteiger partial charge in [-0.25, -0.2) is 8.78 Å². The number of aromatic nitrogens is 1. The molecule has 1 unspecified atom stereocenters. The lowest BCUT2D eigenvalue weighted by molar-refractivity contribution is 0.414. The lowest BCUT2D eigenvalue weighted by Crippen LogP contribution is -2.08. The third-order valence-corrected chi connectivity index (χ3v) is 2.77. The number of rotatable bonds is 4. The Morgan fingerprint density at radius 1 is 1.21 bits per heavy atom. The van der Waals surface area contributed by atoms with E-state index in [1.54, 1.807) is 19.2 Å². The molecule has 1 aromatic carbocycles. The second kappa shape index (κ2) is 5.65. The Bertz CT molecular complexity index is 575. The van der Waals surface area contributed by atoms with Crippen LogP contribution in [-0.2, 0) is 0 Å². The van der Waals surface area contributed by atoms with Gasteiger partial charge in [0.1, 0.15) is 17.4 Å². The zero-order valence-corrected chi connectivity index (χ0v) is 10.7. The lowest BCUT2D eigenvalue weighted by atomic mass is 10.1. The van der Waals surface area contributed by atoms with E-state index in [9.17, 15) is 8.78 Å². The smallest absolute Gasteiger partial charge is 0.146 e. The fraction of sp³-hybridized carbons (Fsp3) is 0.214. The maximum Gasteiger partial charge on any atom is 0.146 e. The van der Waals surface area contributed by atoms with Crippen LogP contribution in [0.4, 0.5) is 14.5 Å². The van der Waals surface area contributed by atoms with E-state index in [1.807, 2.05) is 0 Å². The van der Waals surface area contributed by atoms with Gasteiger partial charge in [-0.2, -0.15) is 0 Å². The van der Waals surface area contributed by atoms with Crippen LogP contribution in [0.2, 0.25) is 0 Å². The Balaban J connectivity index is 2.21. The first-order valence-corrected chi connectivity index (χ1v) is 5.80. The van der Waals surface area contributed by atoms with Crippen LogP contribution in [0, 0.1) is 11.6 Å². The summed E-state index contributed by atoms with van der Waals surface area (Å²) in [5.74, 6) is -0.261. The number of hydrogen-bond donors (Lipinski definition) is 1. The van der Waals surface area contributed by atoms with Crippen molar-refractivity contribution in [2.24, 2.45) is 0 Å². The van der Waals surface area contributed by atoms with Gasteiger partial charge in [-0.1, -0.05) is 0 Å². The van der Waals surface area contributed by atoms with E-state index in [0.717, 1.165) is 6.20 Å². The van der Waals surface area contributed by atoms with Crippen molar-refractivity contribution in [1.29, 1.82) is 0 Å². The normalized spacial score (nSPS) is 12.0. The fourth-order valence-electron chi connectivity index (χ4n) is 1.72. The molecular weight excluding hydrogens is 250 g/mol. The Hall–Kier alpha value is -2.17. The van der Waals surface area contributed by atoms with Crippen molar-refractivity contribution in [3.05, 3.63) is 53.9 Å². The predicted molar refractivity (Wildman–Crippen MR) is 69.2 cm³/mol. The molecule has 19 heavy (non-hydrogen) atoms. The van der Waals surface area contributed by atoms with Gasteiger partial charge >= 0.3 is 0 Å². The topological polar surface area (TPSA) is 34.1 Å². The van der Waals surface area contributed by atoms with E-state index in [2.05, 4.69) is 10.3 Å². The molecule has 0 spiro atoms. The molecule has 0 aliphatic heterocycles. The minimum atomic E-state index is -0.419. The van der Waals surface area contributed by atoms with Crippen molar-refractivity contribution in [2.75, 3.05) is 12.4 Å². The number of hydrogen-bond acceptors (Lipinski definition) is 3. The summed E-state index contributed by atoms with van der Waals surface area (Å²) in [5, 5.41) is 2.97. The molecule has 0 amide bonds. The summed E-state index contributed by atoms with van der Waals surface area (Å²) in [6.07, 6.45) is 2.67. The van der Waals surface area contributed by atoms with Gasteiger partial charge in [-0.3, -0.25) is 4.98 Å². The van der Waals surface area contributed by atoms with Crippen LogP contribution in [0.15, 0.2) is 36.7 Å². The van der Waals surface area contributed by atoms with Gasteiger partial charge in [0.05, 0.1) is 25.0 Å². The zero-order valence-electron chi connectivity index (χ0n) is 10.7. The van der Waals surface area contributed by atoms with Crippen LogP contribution < -0.4 is 10.1 Å². The van der Waals surface area contributed by atoms with Crippen LogP contribution in [-0.4, -0.2) is 12.1 Å². The summed E-state index contributed by atoms with van der Waals surface area (Å²) in [6, 6.07) is 5.50. The Morgan fingerprint density at radius 3 is 2.68 bits per heavy atom. The summed E-state index contributed by atoms with van der Waals surface area (Å²) >= 11 is 0. The van der Waals surface area contributed by atoms with Crippen LogP contribution in [0.25, 0.3) is 0 Å². The predicted octanol–water partition coefficient (Wildman–Crippen LogP) is 3.54. The average molecular weight is 264 g/mol. The zero-order chi connectivity index (χ0) is 13.8. The third kappa shape index (κ3) is 3.19. The summed E-state index contributed by atoms with van der Waals surface area (Å²) in [5.41, 5.74) is 0.943. The van der Waals surface area contributed by atoms with E-state index < -0.39 is 11.6 Å². The second-order valence-electron chi connectivity index (χ2n) is 4.15. The number of pyridine rings is 1. The minimum Gasteiger partial charge on any atom is -0.497 e. The molecule has 1 N–H and O–H groups in total. The molecule has 0 saturated heterocycles. The van der Waals surface area contributed by atoms with E-state index in [1.165, 1.54) is 25.3 Å². The van der Waals surface area contributed by atoms with Crippen molar-refractivity contribution in [1.82, 2.24) is 4.98 Å². The van der Waals surface area contributed by atoms with Gasteiger partial charge < -0.3 is 10.1 Å². The Labute approximate surface area is 110 Å². The first kappa shape index (κ1) is 13.3. The maximum atomic E-state index is 13.7. The molecule has 0 aliphatic carbocycles. The SMILES string of the molecule is COc1ccc(F)c(NC(C)c2cncc(F)c2)c1. The van der Waals surface area contributed by atoms with Crippen molar-refractivity contribution in [3.63, 3.8) is 0 Å². The van der Waals surface area contributed by atoms with Crippen molar-refractivity contribution in [2.45, 2.75) is 13.0 Å². The highest BCUT2D eigenvalue weighted by Gasteiger charge is 2.10. The third-order valence-electron chi connectivity index (χ3n) is 2.77. The molecule has 1 atom stereocenters. The number of benzene rings is 1. The number of halogens is 2. The molecule has 3 nitrogen and oxygen atoms in total. The summed E-state index contributed by atoms with van der Waals surface area (Å²) in [6.45, 7) is 1.80. The number of anilines is 1. The van der Waals surface area contributed by atoms with Crippen molar-refractivity contribution >= 4 is 5.69 Å². The molecule has 1 heterocycles. The second-order valence-corrected chi connectivity index (χ2v) is 4.15. The van der Waals surface area contributed by atoms with Gasteiger partial charge in [-0.15, -0.1) is 0 Å². The van der Waals surface area contributed by atoms with Gasteiger partial charge in [0, 0.05) is 12.3 Å². The Kier molecular flexibility index (Phi) is 3.94. The standard InChI is InChI=1S/C14H14F2N2O/c1-9(10-5-11(15)8-17-7-10)18-14-6-12(19-2)3-4-13(14)16/h3-9,18H,1-2H3. The quantitative estimate of drug-likeness (QED) is 0.917. The Morgan fingerprint density at radius 2 is 2.00 bits per heavy atom. The van der Waals surface area contributed by atoms with E-state index in [0.29, 0.717) is 17.0 Å². The molecule has 2 aromatic rings. The van der Waals surface area contributed by atoms with E-state index >= 15 is 0 Å². The summed E-state index contributed by atoms with van der Waals surface area (Å²) in [4.78, 5) is 3.77. The number of nitrogens with zero attached hydrogens (tertiary/aromatic N) is 1. The summed E-state index contributed by atoms with van der Waals surface area (Å²) < 4.78 is 31.8. The molecule has 0 bridgehead atoms. The lowest BCUT2D eigenvalue weighted by Gasteiger charge is -2.16. The molecule has 2 rings (SSSR count). The first-order chi connectivity index (χ1) is 9.10. The van der Waals surface area contributed by atoms with Gasteiger partial charge in [-0.05, 0) is 30.7 Å². The first-order valence-electron chi connectivity index (χ1n) is 5.80. The molecule has 0 fully saturated rings. The highest BCUT2D eigenvalue weighted by molar-refractivity contribution is 5.51. The van der Waals surface area contributed by atoms with Crippen molar-refractivity contribution in [3.8, 4) is 5.75 Å². The van der Waals surface area contributed by atoms with Crippen LogP contribution >= 0.6 is 0 Å². The van der Waals surface area contributed by atoms with Gasteiger partial charge in [0.2, 0.25) is 0 Å². The summed E-state index contributed by atoms with van der Waals surface area (Å²) in [7, 11) is 1.51. The molecule has 100 valence electrons. The fourth-order valence-corrected chi connectivity index (χ4v) is 1.72. The van der Waals surface area contributed by atoms with Crippen LogP contribution in [0.5, 0.6) is 5.75 Å². The van der Waals surface area contributed by atoms with Gasteiger partial charge in [0.25, 0.3) is 0 Å².